The van der Waals surface area contributed by atoms with E-state index in [0.29, 0.717) is 11.7 Å². The van der Waals surface area contributed by atoms with Crippen LogP contribution in [0.4, 0.5) is 0 Å². The van der Waals surface area contributed by atoms with Gasteiger partial charge in [0, 0.05) is 6.54 Å². The highest BCUT2D eigenvalue weighted by atomic mass is 16.5. The average molecular weight is 235 g/mol. The van der Waals surface area contributed by atoms with Gasteiger partial charge in [-0.3, -0.25) is 0 Å². The van der Waals surface area contributed by atoms with Gasteiger partial charge < -0.3 is 15.2 Å². The van der Waals surface area contributed by atoms with Crippen molar-refractivity contribution < 1.29 is 14.6 Å². The maximum atomic E-state index is 10.4. The maximum Gasteiger partial charge on any atom is 0.341 e. The summed E-state index contributed by atoms with van der Waals surface area (Å²) < 4.78 is 5.09. The first-order valence-electron chi connectivity index (χ1n) is 5.91. The number of hydrogen-bond acceptors (Lipinski definition) is 3. The molecule has 0 spiro atoms. The number of benzene rings is 1. The van der Waals surface area contributed by atoms with E-state index in [0.717, 1.165) is 13.1 Å². The van der Waals surface area contributed by atoms with Crippen molar-refractivity contribution >= 4 is 5.97 Å². The first-order chi connectivity index (χ1) is 8.25. The summed E-state index contributed by atoms with van der Waals surface area (Å²) in [6.07, 6.45) is 2.42. The Hall–Kier alpha value is -1.55. The van der Waals surface area contributed by atoms with Crippen molar-refractivity contribution in [2.24, 2.45) is 0 Å². The topological polar surface area (TPSA) is 58.6 Å². The van der Waals surface area contributed by atoms with E-state index >= 15 is 0 Å². The molecule has 92 valence electrons. The number of rotatable bonds is 4. The number of hydrogen-bond donors (Lipinski definition) is 2. The lowest BCUT2D eigenvalue weighted by atomic mass is 9.92. The molecule has 0 amide bonds. The van der Waals surface area contributed by atoms with E-state index in [1.165, 1.54) is 18.4 Å². The zero-order chi connectivity index (χ0) is 12.1. The Morgan fingerprint density at radius 3 is 2.76 bits per heavy atom. The fraction of sp³-hybridized carbons (Fsp3) is 0.462. The lowest BCUT2D eigenvalue weighted by Gasteiger charge is -2.23. The molecule has 0 aliphatic carbocycles. The third-order valence-electron chi connectivity index (χ3n) is 3.01. The number of carboxylic acid groups (broad SMARTS) is 1. The Morgan fingerprint density at radius 1 is 1.41 bits per heavy atom. The second kappa shape index (κ2) is 5.68. The molecule has 1 aromatic rings. The normalized spacial score (nSPS) is 19.9. The summed E-state index contributed by atoms with van der Waals surface area (Å²) in [6, 6.07) is 7.73. The average Bonchev–Trinajstić information content (AvgIpc) is 2.38. The summed E-state index contributed by atoms with van der Waals surface area (Å²) in [6.45, 7) is 1.84. The predicted octanol–water partition coefficient (Wildman–Crippen LogP) is 1.62. The Bertz CT molecular complexity index is 369. The van der Waals surface area contributed by atoms with Crippen molar-refractivity contribution in [1.29, 1.82) is 0 Å². The third kappa shape index (κ3) is 3.46. The van der Waals surface area contributed by atoms with Gasteiger partial charge in [-0.05, 0) is 43.0 Å². The van der Waals surface area contributed by atoms with Crippen molar-refractivity contribution in [3.8, 4) is 5.75 Å². The maximum absolute atomic E-state index is 10.4. The van der Waals surface area contributed by atoms with Crippen LogP contribution >= 0.6 is 0 Å². The molecule has 0 bridgehead atoms. The van der Waals surface area contributed by atoms with Crippen molar-refractivity contribution in [3.63, 3.8) is 0 Å². The highest BCUT2D eigenvalue weighted by Crippen LogP contribution is 2.24. The molecule has 1 aliphatic heterocycles. The van der Waals surface area contributed by atoms with E-state index in [1.54, 1.807) is 0 Å². The quantitative estimate of drug-likeness (QED) is 0.832. The van der Waals surface area contributed by atoms with Crippen LogP contribution in [0.5, 0.6) is 5.75 Å². The third-order valence-corrected chi connectivity index (χ3v) is 3.01. The zero-order valence-corrected chi connectivity index (χ0v) is 9.69. The molecule has 0 aromatic heterocycles. The second-order valence-electron chi connectivity index (χ2n) is 4.29. The Balaban J connectivity index is 1.94. The van der Waals surface area contributed by atoms with E-state index in [4.69, 9.17) is 9.84 Å². The lowest BCUT2D eigenvalue weighted by molar-refractivity contribution is -0.139. The molecule has 1 fully saturated rings. The first kappa shape index (κ1) is 11.9. The second-order valence-corrected chi connectivity index (χ2v) is 4.29. The SMILES string of the molecule is O=C(O)COc1ccc(C2CCCNC2)cc1. The Kier molecular flexibility index (Phi) is 3.98. The van der Waals surface area contributed by atoms with Gasteiger partial charge in [0.15, 0.2) is 6.61 Å². The van der Waals surface area contributed by atoms with Gasteiger partial charge in [0.1, 0.15) is 5.75 Å². The summed E-state index contributed by atoms with van der Waals surface area (Å²) in [5.41, 5.74) is 1.29. The van der Waals surface area contributed by atoms with Gasteiger partial charge >= 0.3 is 5.97 Å². The zero-order valence-electron chi connectivity index (χ0n) is 9.69. The highest BCUT2D eigenvalue weighted by molar-refractivity contribution is 5.68. The van der Waals surface area contributed by atoms with Gasteiger partial charge in [0.25, 0.3) is 0 Å². The Labute approximate surface area is 101 Å². The van der Waals surface area contributed by atoms with Gasteiger partial charge in [0.2, 0.25) is 0 Å². The van der Waals surface area contributed by atoms with Crippen molar-refractivity contribution in [3.05, 3.63) is 29.8 Å². The Morgan fingerprint density at radius 2 is 2.18 bits per heavy atom. The van der Waals surface area contributed by atoms with Crippen LogP contribution in [0.15, 0.2) is 24.3 Å². The van der Waals surface area contributed by atoms with Gasteiger partial charge in [-0.25, -0.2) is 4.79 Å². The molecule has 1 atom stereocenters. The van der Waals surface area contributed by atoms with Gasteiger partial charge in [0.05, 0.1) is 0 Å². The van der Waals surface area contributed by atoms with Crippen molar-refractivity contribution in [1.82, 2.24) is 5.32 Å². The molecule has 4 nitrogen and oxygen atoms in total. The largest absolute Gasteiger partial charge is 0.482 e. The number of carboxylic acids is 1. The minimum absolute atomic E-state index is 0.287. The van der Waals surface area contributed by atoms with Crippen LogP contribution in [-0.4, -0.2) is 30.8 Å². The molecule has 2 rings (SSSR count). The van der Waals surface area contributed by atoms with Crippen LogP contribution in [0.25, 0.3) is 0 Å². The summed E-state index contributed by atoms with van der Waals surface area (Å²) in [4.78, 5) is 10.4. The number of ether oxygens (including phenoxy) is 1. The number of aliphatic carboxylic acids is 1. The molecular weight excluding hydrogens is 218 g/mol. The van der Waals surface area contributed by atoms with Crippen molar-refractivity contribution in [2.75, 3.05) is 19.7 Å². The first-order valence-corrected chi connectivity index (χ1v) is 5.91. The molecule has 17 heavy (non-hydrogen) atoms. The van der Waals surface area contributed by atoms with E-state index in [2.05, 4.69) is 5.32 Å². The fourth-order valence-electron chi connectivity index (χ4n) is 2.12. The molecule has 1 unspecified atom stereocenters. The lowest BCUT2D eigenvalue weighted by Crippen LogP contribution is -2.28. The highest BCUT2D eigenvalue weighted by Gasteiger charge is 2.14. The van der Waals surface area contributed by atoms with Gasteiger partial charge in [-0.15, -0.1) is 0 Å². The van der Waals surface area contributed by atoms with Crippen LogP contribution in [0.1, 0.15) is 24.3 Å². The van der Waals surface area contributed by atoms with Crippen LogP contribution in [0, 0.1) is 0 Å². The van der Waals surface area contributed by atoms with E-state index in [9.17, 15) is 4.79 Å². The number of nitrogens with one attached hydrogen (secondary N) is 1. The van der Waals surface area contributed by atoms with Crippen LogP contribution in [0.3, 0.4) is 0 Å². The predicted molar refractivity (Wildman–Crippen MR) is 64.4 cm³/mol. The van der Waals surface area contributed by atoms with E-state index < -0.39 is 5.97 Å². The molecule has 1 aromatic carbocycles. The minimum Gasteiger partial charge on any atom is -0.482 e. The molecule has 1 saturated heterocycles. The minimum atomic E-state index is -0.953. The van der Waals surface area contributed by atoms with Crippen LogP contribution in [-0.2, 0) is 4.79 Å². The summed E-state index contributed by atoms with van der Waals surface area (Å²) >= 11 is 0. The van der Waals surface area contributed by atoms with E-state index in [1.807, 2.05) is 24.3 Å². The van der Waals surface area contributed by atoms with Gasteiger partial charge in [-0.2, -0.15) is 0 Å². The van der Waals surface area contributed by atoms with Crippen molar-refractivity contribution in [2.45, 2.75) is 18.8 Å². The smallest absolute Gasteiger partial charge is 0.341 e. The molecular formula is C13H17NO3. The number of piperidine rings is 1. The standard InChI is InChI=1S/C13H17NO3/c15-13(16)9-17-12-5-3-10(4-6-12)11-2-1-7-14-8-11/h3-6,11,14H,1-2,7-9H2,(H,15,16). The summed E-state index contributed by atoms with van der Waals surface area (Å²) in [5, 5.41) is 11.9. The molecule has 1 heterocycles. The van der Waals surface area contributed by atoms with Gasteiger partial charge in [-0.1, -0.05) is 12.1 Å². The molecule has 1 aliphatic rings. The van der Waals surface area contributed by atoms with E-state index in [-0.39, 0.29) is 6.61 Å². The van der Waals surface area contributed by atoms with Crippen LogP contribution < -0.4 is 10.1 Å². The molecule has 0 radical (unpaired) electrons. The monoisotopic (exact) mass is 235 g/mol. The number of carbonyl (C=O) groups is 1. The molecule has 2 N–H and O–H groups in total. The van der Waals surface area contributed by atoms with Crippen LogP contribution in [0.2, 0.25) is 0 Å². The molecule has 4 heteroatoms. The summed E-state index contributed by atoms with van der Waals surface area (Å²) in [5.74, 6) is 0.225. The molecule has 0 saturated carbocycles. The summed E-state index contributed by atoms with van der Waals surface area (Å²) in [7, 11) is 0. The fourth-order valence-corrected chi connectivity index (χ4v) is 2.12.